The fraction of sp³-hybridized carbons (Fsp3) is 0.333. The second-order valence-electron chi connectivity index (χ2n) is 10.2. The molecule has 0 aliphatic rings. The second kappa shape index (κ2) is 19.2. The maximum Gasteiger partial charge on any atom is 0.296 e. The largest absolute Gasteiger partial charge is 0.508 e. The van der Waals surface area contributed by atoms with Gasteiger partial charge in [-0.15, -0.1) is 0 Å². The van der Waals surface area contributed by atoms with Gasteiger partial charge in [0.15, 0.2) is 14.7 Å². The van der Waals surface area contributed by atoms with E-state index in [1.54, 1.807) is 42.5 Å². The van der Waals surface area contributed by atoms with E-state index in [1.807, 2.05) is 24.3 Å². The van der Waals surface area contributed by atoms with Crippen molar-refractivity contribution < 1.29 is 17.7 Å². The Bertz CT molecular complexity index is 1300. The van der Waals surface area contributed by atoms with Crippen LogP contribution in [0.3, 0.4) is 0 Å². The molecule has 1 N–H and O–H groups in total. The Morgan fingerprint density at radius 2 is 0.952 bits per heavy atom. The van der Waals surface area contributed by atoms with Crippen LogP contribution in [-0.4, -0.2) is 20.1 Å². The van der Waals surface area contributed by atoms with E-state index in [0.29, 0.717) is 5.75 Å². The molecule has 224 valence electrons. The topological polar surface area (TPSA) is 63.6 Å². The fourth-order valence-electron chi connectivity index (χ4n) is 4.52. The number of aromatic hydroxyl groups is 1. The normalized spacial score (nSPS) is 11.2. The van der Waals surface area contributed by atoms with Crippen LogP contribution in [0.5, 0.6) is 5.75 Å². The summed E-state index contributed by atoms with van der Waals surface area (Å²) >= 11 is 0. The Hall–Kier alpha value is -3.06. The second-order valence-corrected chi connectivity index (χ2v) is 13.8. The predicted molar refractivity (Wildman–Crippen MR) is 175 cm³/mol. The van der Waals surface area contributed by atoms with E-state index in [1.165, 1.54) is 66.1 Å². The molecule has 0 saturated heterocycles. The highest BCUT2D eigenvalue weighted by atomic mass is 32.2. The molecule has 0 aliphatic carbocycles. The van der Waals surface area contributed by atoms with Gasteiger partial charge >= 0.3 is 0 Å². The van der Waals surface area contributed by atoms with Crippen LogP contribution in [0, 0.1) is 0 Å². The van der Waals surface area contributed by atoms with Gasteiger partial charge in [-0.1, -0.05) is 119 Å². The molecule has 4 nitrogen and oxygen atoms in total. The Morgan fingerprint density at radius 3 is 1.43 bits per heavy atom. The zero-order chi connectivity index (χ0) is 29.9. The molecule has 0 aromatic heterocycles. The van der Waals surface area contributed by atoms with E-state index in [9.17, 15) is 13.5 Å². The fourth-order valence-corrected chi connectivity index (χ4v) is 7.56. The van der Waals surface area contributed by atoms with Crippen LogP contribution in [0.2, 0.25) is 0 Å². The molecule has 0 saturated carbocycles. The van der Waals surface area contributed by atoms with Crippen molar-refractivity contribution in [3.05, 3.63) is 115 Å². The van der Waals surface area contributed by atoms with Crippen molar-refractivity contribution in [2.24, 2.45) is 0 Å². The molecule has 0 fully saturated rings. The minimum atomic E-state index is -3.57. The van der Waals surface area contributed by atoms with Crippen LogP contribution in [-0.2, 0) is 25.2 Å². The number of phenolic OH excluding ortho intramolecular Hbond substituents is 1. The van der Waals surface area contributed by atoms with E-state index in [4.69, 9.17) is 4.18 Å². The van der Waals surface area contributed by atoms with E-state index in [2.05, 4.69) is 55.5 Å². The van der Waals surface area contributed by atoms with Gasteiger partial charge in [-0.3, -0.25) is 4.18 Å². The van der Waals surface area contributed by atoms with Crippen LogP contribution in [0.25, 0.3) is 0 Å². The summed E-state index contributed by atoms with van der Waals surface area (Å²) in [5.41, 5.74) is 0. The van der Waals surface area contributed by atoms with Gasteiger partial charge in [0, 0.05) is 0 Å². The molecule has 0 atom stereocenters. The lowest BCUT2D eigenvalue weighted by Crippen LogP contribution is -2.07. The van der Waals surface area contributed by atoms with Crippen molar-refractivity contribution in [2.75, 3.05) is 6.61 Å². The third kappa shape index (κ3) is 12.0. The molecule has 4 aromatic rings. The van der Waals surface area contributed by atoms with Gasteiger partial charge in [0.05, 0.1) is 22.4 Å². The minimum absolute atomic E-state index is 0.134. The molecule has 0 radical (unpaired) electrons. The van der Waals surface area contributed by atoms with Crippen molar-refractivity contribution in [3.63, 3.8) is 0 Å². The van der Waals surface area contributed by atoms with Gasteiger partial charge in [-0.25, -0.2) is 0 Å². The summed E-state index contributed by atoms with van der Waals surface area (Å²) in [5.74, 6) is 0.304. The number of benzene rings is 4. The molecule has 0 aliphatic heterocycles. The van der Waals surface area contributed by atoms with Crippen LogP contribution >= 0.6 is 0 Å². The summed E-state index contributed by atoms with van der Waals surface area (Å²) in [4.78, 5) is 4.01. The third-order valence-electron chi connectivity index (χ3n) is 6.80. The molecule has 42 heavy (non-hydrogen) atoms. The maximum absolute atomic E-state index is 11.9. The average Bonchev–Trinajstić information content (AvgIpc) is 3.03. The first-order valence-corrected chi connectivity index (χ1v) is 17.7. The molecule has 0 bridgehead atoms. The quantitative estimate of drug-likeness (QED) is 0.0784. The van der Waals surface area contributed by atoms with Crippen LogP contribution < -0.4 is 0 Å². The van der Waals surface area contributed by atoms with Gasteiger partial charge < -0.3 is 5.11 Å². The third-order valence-corrected chi connectivity index (χ3v) is 10.4. The van der Waals surface area contributed by atoms with Gasteiger partial charge in [0.25, 0.3) is 10.1 Å². The average molecular weight is 606 g/mol. The Labute approximate surface area is 256 Å². The Kier molecular flexibility index (Phi) is 15.3. The van der Waals surface area contributed by atoms with Crippen molar-refractivity contribution in [2.45, 2.75) is 90.7 Å². The SMILES string of the molecule is CCCCCCCCCCCCOS(=O)(=O)c1ccccc1.Oc1ccc([S+](c2ccccc2)c2ccccc2)cc1. The number of hydrogen-bond donors (Lipinski definition) is 1. The maximum atomic E-state index is 11.9. The highest BCUT2D eigenvalue weighted by Crippen LogP contribution is 2.31. The van der Waals surface area contributed by atoms with Crippen molar-refractivity contribution in [1.82, 2.24) is 0 Å². The van der Waals surface area contributed by atoms with Crippen molar-refractivity contribution >= 4 is 21.0 Å². The van der Waals surface area contributed by atoms with E-state index in [0.717, 1.165) is 12.8 Å². The van der Waals surface area contributed by atoms with Crippen molar-refractivity contribution in [1.29, 1.82) is 0 Å². The van der Waals surface area contributed by atoms with Crippen LogP contribution in [0.15, 0.2) is 135 Å². The lowest BCUT2D eigenvalue weighted by Gasteiger charge is -2.07. The van der Waals surface area contributed by atoms with Gasteiger partial charge in [-0.2, -0.15) is 8.42 Å². The first-order chi connectivity index (χ1) is 20.5. The Balaban J connectivity index is 0.000000231. The van der Waals surface area contributed by atoms with Gasteiger partial charge in [0.1, 0.15) is 5.75 Å². The first-order valence-electron chi connectivity index (χ1n) is 15.1. The minimum Gasteiger partial charge on any atom is -0.508 e. The summed E-state index contributed by atoms with van der Waals surface area (Å²) < 4.78 is 28.8. The molecule has 0 heterocycles. The number of phenols is 1. The molecule has 0 amide bonds. The summed E-state index contributed by atoms with van der Waals surface area (Å²) in [6.07, 6.45) is 12.3. The monoisotopic (exact) mass is 605 g/mol. The zero-order valence-corrected chi connectivity index (χ0v) is 26.4. The molecular formula is C36H45O4S2+. The van der Waals surface area contributed by atoms with Crippen LogP contribution in [0.1, 0.15) is 71.1 Å². The van der Waals surface area contributed by atoms with Crippen LogP contribution in [0.4, 0.5) is 0 Å². The Morgan fingerprint density at radius 1 is 0.548 bits per heavy atom. The standard InChI is InChI=1S/C18H30O3S.C18H14OS/c1-2-3-4-5-6-7-8-9-10-14-17-21-22(19,20)18-15-12-11-13-16-18;19-15-11-13-18(14-12-15)20(16-7-3-1-4-8-16)17-9-5-2-6-10-17/h11-13,15-16H,2-10,14,17H2,1H3;1-14H/p+1. The molecule has 4 aromatic carbocycles. The van der Waals surface area contributed by atoms with Gasteiger partial charge in [0.2, 0.25) is 0 Å². The molecule has 0 unspecified atom stereocenters. The first kappa shape index (κ1) is 33.4. The number of rotatable bonds is 16. The highest BCUT2D eigenvalue weighted by Gasteiger charge is 2.27. The summed E-state index contributed by atoms with van der Waals surface area (Å²) in [5, 5.41) is 9.48. The van der Waals surface area contributed by atoms with E-state index >= 15 is 0 Å². The van der Waals surface area contributed by atoms with Gasteiger partial charge in [-0.05, 0) is 67.1 Å². The molecule has 0 spiro atoms. The lowest BCUT2D eigenvalue weighted by molar-refractivity contribution is 0.306. The molecule has 6 heteroatoms. The number of unbranched alkanes of at least 4 members (excludes halogenated alkanes) is 9. The summed E-state index contributed by atoms with van der Waals surface area (Å²) in [6, 6.07) is 36.8. The van der Waals surface area contributed by atoms with E-state index in [-0.39, 0.29) is 22.4 Å². The van der Waals surface area contributed by atoms with Crippen molar-refractivity contribution in [3.8, 4) is 5.75 Å². The lowest BCUT2D eigenvalue weighted by atomic mass is 10.1. The molecule has 4 rings (SSSR count). The highest BCUT2D eigenvalue weighted by molar-refractivity contribution is 7.97. The predicted octanol–water partition coefficient (Wildman–Crippen LogP) is 9.80. The zero-order valence-electron chi connectivity index (χ0n) is 24.7. The smallest absolute Gasteiger partial charge is 0.296 e. The molecular weight excluding hydrogens is 561 g/mol. The van der Waals surface area contributed by atoms with E-state index < -0.39 is 10.1 Å². The summed E-state index contributed by atoms with van der Waals surface area (Å²) in [7, 11) is -3.70. The number of hydrogen-bond acceptors (Lipinski definition) is 4. The summed E-state index contributed by atoms with van der Waals surface area (Å²) in [6.45, 7) is 2.52.